The molecule has 0 aliphatic heterocycles. The molecule has 4 aromatic carbocycles. The van der Waals surface area contributed by atoms with Crippen molar-refractivity contribution in [3.63, 3.8) is 0 Å². The minimum Gasteiger partial charge on any atom is -0.507 e. The van der Waals surface area contributed by atoms with E-state index in [0.29, 0.717) is 77.0 Å². The van der Waals surface area contributed by atoms with E-state index in [1.807, 2.05) is 48.5 Å². The van der Waals surface area contributed by atoms with Crippen molar-refractivity contribution in [3.8, 4) is 23.0 Å². The molecule has 0 aliphatic rings. The number of benzene rings is 4. The molecule has 0 unspecified atom stereocenters. The van der Waals surface area contributed by atoms with Crippen LogP contribution in [0.4, 0.5) is 0 Å². The second kappa shape index (κ2) is 40.8. The second-order valence-electron chi connectivity index (χ2n) is 18.7. The number of hydrogen-bond donors (Lipinski definition) is 12. The number of aliphatic hydroxyl groups is 4. The molecular weight excluding hydrogens is 1040 g/mol. The van der Waals surface area contributed by atoms with Crippen molar-refractivity contribution in [1.29, 1.82) is 0 Å². The van der Waals surface area contributed by atoms with Crippen LogP contribution in [0.25, 0.3) is 0 Å². The van der Waals surface area contributed by atoms with E-state index in [1.54, 1.807) is 48.6 Å². The van der Waals surface area contributed by atoms with E-state index in [1.165, 1.54) is 0 Å². The maximum atomic E-state index is 10.6. The van der Waals surface area contributed by atoms with Crippen molar-refractivity contribution >= 4 is 23.9 Å². The molecule has 0 heterocycles. The average Bonchev–Trinajstić information content (AvgIpc) is 3.43. The van der Waals surface area contributed by atoms with Gasteiger partial charge in [-0.1, -0.05) is 97.1 Å². The van der Waals surface area contributed by atoms with Crippen LogP contribution >= 0.6 is 0 Å². The Morgan fingerprint density at radius 1 is 0.309 bits per heavy atom. The minimum absolute atomic E-state index is 0.0891. The molecule has 0 saturated heterocycles. The molecule has 0 amide bonds. The first kappa shape index (κ1) is 72.7. The van der Waals surface area contributed by atoms with Gasteiger partial charge >= 0.3 is 23.9 Å². The number of aromatic hydroxyl groups is 4. The standard InChI is InChI=1S/4C15H18O3.C5H12O4/c4*1-3-5-12-9-11(7-8-14(16)17)10-13(6-4-2)15(12)18;6-1-5(2-7,3-8)4-9/h4*3-4,9-10,18H,1-2,5-8H2,(H,16,17);6-9H,1-4H2. The quantitative estimate of drug-likeness (QED) is 0.0203. The van der Waals surface area contributed by atoms with Gasteiger partial charge in [0.05, 0.1) is 31.8 Å². The summed E-state index contributed by atoms with van der Waals surface area (Å²) >= 11 is 0. The number of phenols is 4. The van der Waals surface area contributed by atoms with Crippen LogP contribution < -0.4 is 0 Å². The van der Waals surface area contributed by atoms with E-state index in [-0.39, 0.29) is 48.7 Å². The molecule has 0 bridgehead atoms. The summed E-state index contributed by atoms with van der Waals surface area (Å²) in [5.41, 5.74) is 8.83. The number of carboxylic acid groups (broad SMARTS) is 4. The van der Waals surface area contributed by atoms with Crippen molar-refractivity contribution < 1.29 is 80.5 Å². The lowest BCUT2D eigenvalue weighted by Gasteiger charge is -2.23. The van der Waals surface area contributed by atoms with E-state index in [9.17, 15) is 39.6 Å². The SMILES string of the molecule is C=CCc1cc(CCC(=O)O)cc(CC=C)c1O.C=CCc1cc(CCC(=O)O)cc(CC=C)c1O.C=CCc1cc(CCC(=O)O)cc(CC=C)c1O.C=CCc1cc(CCC(=O)O)cc(CC=C)c1O.OCC(CO)(CO)CO. The summed E-state index contributed by atoms with van der Waals surface area (Å²) in [5.74, 6) is -2.25. The molecule has 0 radical (unpaired) electrons. The van der Waals surface area contributed by atoms with Gasteiger partial charge in [0.25, 0.3) is 0 Å². The number of phenolic OH excluding ortho intramolecular Hbond substituents is 4. The first-order valence-corrected chi connectivity index (χ1v) is 26.1. The first-order chi connectivity index (χ1) is 38.6. The van der Waals surface area contributed by atoms with E-state index < -0.39 is 55.7 Å². The number of carbonyl (C=O) groups is 4. The topological polar surface area (TPSA) is 311 Å². The van der Waals surface area contributed by atoms with Crippen LogP contribution in [0.1, 0.15) is 92.4 Å². The van der Waals surface area contributed by atoms with E-state index >= 15 is 0 Å². The Morgan fingerprint density at radius 3 is 0.531 bits per heavy atom. The maximum Gasteiger partial charge on any atom is 0.303 e. The molecule has 4 aromatic rings. The van der Waals surface area contributed by atoms with Crippen molar-refractivity contribution in [3.05, 3.63) is 217 Å². The maximum absolute atomic E-state index is 10.6. The van der Waals surface area contributed by atoms with E-state index in [0.717, 1.165) is 66.8 Å². The average molecular weight is 1120 g/mol. The van der Waals surface area contributed by atoms with Gasteiger partial charge in [0.1, 0.15) is 23.0 Å². The van der Waals surface area contributed by atoms with E-state index in [4.69, 9.17) is 40.9 Å². The van der Waals surface area contributed by atoms with Crippen LogP contribution in [0.5, 0.6) is 23.0 Å². The predicted molar refractivity (Wildman–Crippen MR) is 318 cm³/mol. The largest absolute Gasteiger partial charge is 0.507 e. The Labute approximate surface area is 476 Å². The Bertz CT molecular complexity index is 2240. The number of aryl methyl sites for hydroxylation is 4. The lowest BCUT2D eigenvalue weighted by atomic mass is 9.93. The van der Waals surface area contributed by atoms with Gasteiger partial charge < -0.3 is 61.3 Å². The van der Waals surface area contributed by atoms with Crippen LogP contribution in [0, 0.1) is 5.41 Å². The number of allylic oxidation sites excluding steroid dienone is 8. The van der Waals surface area contributed by atoms with Gasteiger partial charge in [-0.15, -0.1) is 52.6 Å². The second-order valence-corrected chi connectivity index (χ2v) is 18.7. The Morgan fingerprint density at radius 2 is 0.444 bits per heavy atom. The summed E-state index contributed by atoms with van der Waals surface area (Å²) in [6.45, 7) is 27.6. The van der Waals surface area contributed by atoms with Crippen molar-refractivity contribution in [2.75, 3.05) is 26.4 Å². The molecule has 0 spiro atoms. The zero-order chi connectivity index (χ0) is 61.5. The molecule has 0 aromatic heterocycles. The van der Waals surface area contributed by atoms with Crippen molar-refractivity contribution in [1.82, 2.24) is 0 Å². The fourth-order valence-corrected chi connectivity index (χ4v) is 7.70. The van der Waals surface area contributed by atoms with Gasteiger partial charge in [0.2, 0.25) is 0 Å². The predicted octanol–water partition coefficient (Wildman–Crippen LogP) is 9.41. The summed E-state index contributed by atoms with van der Waals surface area (Å²) in [5, 5.41) is 109. The van der Waals surface area contributed by atoms with Gasteiger partial charge in [-0.3, -0.25) is 19.2 Å². The van der Waals surface area contributed by atoms with Gasteiger partial charge in [0, 0.05) is 25.7 Å². The highest BCUT2D eigenvalue weighted by molar-refractivity contribution is 5.68. The number of aliphatic hydroxyl groups excluding tert-OH is 4. The fraction of sp³-hybridized carbons (Fsp3) is 0.323. The normalized spacial score (nSPS) is 10.2. The van der Waals surface area contributed by atoms with Gasteiger partial charge in [-0.05, 0) is 144 Å². The molecule has 16 heteroatoms. The molecule has 0 fully saturated rings. The van der Waals surface area contributed by atoms with Gasteiger partial charge in [-0.25, -0.2) is 0 Å². The third-order valence-corrected chi connectivity index (χ3v) is 12.1. The highest BCUT2D eigenvalue weighted by atomic mass is 16.4. The highest BCUT2D eigenvalue weighted by Crippen LogP contribution is 2.30. The van der Waals surface area contributed by atoms with Crippen LogP contribution in [-0.2, 0) is 96.2 Å². The molecule has 4 rings (SSSR count). The number of hydrogen-bond acceptors (Lipinski definition) is 12. The molecule has 440 valence electrons. The molecule has 0 saturated carbocycles. The van der Waals surface area contributed by atoms with Crippen LogP contribution in [0.3, 0.4) is 0 Å². The lowest BCUT2D eigenvalue weighted by molar-refractivity contribution is -0.138. The minimum atomic E-state index is -1.11. The molecule has 81 heavy (non-hydrogen) atoms. The summed E-state index contributed by atoms with van der Waals surface area (Å²) in [7, 11) is 0. The van der Waals surface area contributed by atoms with Crippen LogP contribution in [0.2, 0.25) is 0 Å². The third-order valence-electron chi connectivity index (χ3n) is 12.1. The summed E-state index contributed by atoms with van der Waals surface area (Å²) < 4.78 is 0. The number of carboxylic acids is 4. The molecule has 12 N–H and O–H groups in total. The summed E-state index contributed by atoms with van der Waals surface area (Å²) in [6, 6.07) is 14.7. The molecule has 0 atom stereocenters. The summed E-state index contributed by atoms with van der Waals surface area (Å²) in [4.78, 5) is 42.3. The zero-order valence-electron chi connectivity index (χ0n) is 46.5. The number of rotatable bonds is 32. The van der Waals surface area contributed by atoms with Crippen LogP contribution in [0.15, 0.2) is 150 Å². The third kappa shape index (κ3) is 27.9. The van der Waals surface area contributed by atoms with Gasteiger partial charge in [-0.2, -0.15) is 0 Å². The van der Waals surface area contributed by atoms with Crippen molar-refractivity contribution in [2.45, 2.75) is 103 Å². The summed E-state index contributed by atoms with van der Waals surface area (Å²) in [6.07, 6.45) is 20.5. The van der Waals surface area contributed by atoms with Gasteiger partial charge in [0.15, 0.2) is 0 Å². The smallest absolute Gasteiger partial charge is 0.303 e. The molecular formula is C65H84O16. The zero-order valence-corrected chi connectivity index (χ0v) is 46.5. The Kier molecular flexibility index (Phi) is 36.7. The Hall–Kier alpha value is -8.28. The molecule has 16 nitrogen and oxygen atoms in total. The first-order valence-electron chi connectivity index (χ1n) is 26.1. The number of aliphatic carboxylic acids is 4. The highest BCUT2D eigenvalue weighted by Gasteiger charge is 2.26. The monoisotopic (exact) mass is 1120 g/mol. The fourth-order valence-electron chi connectivity index (χ4n) is 7.70. The van der Waals surface area contributed by atoms with Crippen molar-refractivity contribution in [2.24, 2.45) is 5.41 Å². The molecule has 0 aliphatic carbocycles. The lowest BCUT2D eigenvalue weighted by Crippen LogP contribution is -2.37. The Balaban J connectivity index is 0.00000100. The van der Waals surface area contributed by atoms with E-state index in [2.05, 4.69) is 52.6 Å². The van der Waals surface area contributed by atoms with Crippen LogP contribution in [-0.4, -0.2) is 112 Å².